The van der Waals surface area contributed by atoms with E-state index in [1.807, 2.05) is 29.7 Å². The molecule has 2 aliphatic rings. The van der Waals surface area contributed by atoms with Crippen molar-refractivity contribution in [3.05, 3.63) is 99.0 Å². The molecule has 5 nitrogen and oxygen atoms in total. The minimum Gasteiger partial charge on any atom is -0.298 e. The molecule has 0 bridgehead atoms. The first-order valence-electron chi connectivity index (χ1n) is 12.5. The Morgan fingerprint density at radius 3 is 2.47 bits per heavy atom. The second kappa shape index (κ2) is 9.98. The van der Waals surface area contributed by atoms with Gasteiger partial charge in [-0.2, -0.15) is 0 Å². The van der Waals surface area contributed by atoms with Crippen LogP contribution in [-0.4, -0.2) is 27.7 Å². The summed E-state index contributed by atoms with van der Waals surface area (Å²) in [5.41, 5.74) is 6.68. The van der Waals surface area contributed by atoms with Crippen LogP contribution in [0.1, 0.15) is 54.5 Å². The number of aromatic nitrogens is 2. The predicted octanol–water partition coefficient (Wildman–Crippen LogP) is 5.71. The number of nitrogens with zero attached hydrogens (tertiary/aromatic N) is 4. The molecule has 0 atom stereocenters. The number of anilines is 2. The summed E-state index contributed by atoms with van der Waals surface area (Å²) in [6.45, 7) is 6.33. The fourth-order valence-electron chi connectivity index (χ4n) is 5.03. The van der Waals surface area contributed by atoms with Crippen LogP contribution in [0.3, 0.4) is 0 Å². The Morgan fingerprint density at radius 2 is 1.74 bits per heavy atom. The smallest absolute Gasteiger partial charge is 0.259 e. The van der Waals surface area contributed by atoms with Crippen LogP contribution in [0.25, 0.3) is 0 Å². The highest BCUT2D eigenvalue weighted by atomic mass is 16.1. The van der Waals surface area contributed by atoms with Crippen LogP contribution in [0.15, 0.2) is 71.0 Å². The second-order valence-electron chi connectivity index (χ2n) is 9.67. The molecule has 0 unspecified atom stereocenters. The molecule has 5 heteroatoms. The molecular formula is C29H34N4O. The second-order valence-corrected chi connectivity index (χ2v) is 9.67. The zero-order valence-corrected chi connectivity index (χ0v) is 20.3. The Hall–Kier alpha value is -3.18. The van der Waals surface area contributed by atoms with Crippen molar-refractivity contribution in [3.63, 3.8) is 0 Å². The van der Waals surface area contributed by atoms with Gasteiger partial charge < -0.3 is 0 Å². The van der Waals surface area contributed by atoms with Crippen LogP contribution in [0, 0.1) is 13.8 Å². The summed E-state index contributed by atoms with van der Waals surface area (Å²) >= 11 is 0. The predicted molar refractivity (Wildman–Crippen MR) is 139 cm³/mol. The van der Waals surface area contributed by atoms with Crippen molar-refractivity contribution >= 4 is 11.6 Å². The molecular weight excluding hydrogens is 420 g/mol. The molecule has 0 radical (unpaired) electrons. The van der Waals surface area contributed by atoms with Crippen molar-refractivity contribution in [1.82, 2.24) is 14.5 Å². The van der Waals surface area contributed by atoms with Gasteiger partial charge in [0.15, 0.2) is 0 Å². The van der Waals surface area contributed by atoms with E-state index in [0.717, 1.165) is 48.1 Å². The van der Waals surface area contributed by atoms with Gasteiger partial charge in [0.2, 0.25) is 5.95 Å². The average molecular weight is 455 g/mol. The lowest BCUT2D eigenvalue weighted by molar-refractivity contribution is 0.199. The minimum absolute atomic E-state index is 0.0741. The Balaban J connectivity index is 1.50. The Morgan fingerprint density at radius 1 is 0.941 bits per heavy atom. The largest absolute Gasteiger partial charge is 0.298 e. The maximum atomic E-state index is 13.8. The van der Waals surface area contributed by atoms with Gasteiger partial charge in [0.05, 0.1) is 19.0 Å². The molecule has 0 spiro atoms. The van der Waals surface area contributed by atoms with Crippen LogP contribution in [0.4, 0.5) is 11.6 Å². The fraction of sp³-hybridized carbons (Fsp3) is 0.379. The Bertz CT molecular complexity index is 1230. The van der Waals surface area contributed by atoms with E-state index in [0.29, 0.717) is 13.1 Å². The third-order valence-corrected chi connectivity index (χ3v) is 7.08. The number of benzene rings is 2. The highest BCUT2D eigenvalue weighted by Gasteiger charge is 2.28. The summed E-state index contributed by atoms with van der Waals surface area (Å²) < 4.78 is 1.88. The molecule has 0 saturated carbocycles. The van der Waals surface area contributed by atoms with E-state index in [9.17, 15) is 4.79 Å². The van der Waals surface area contributed by atoms with Crippen molar-refractivity contribution < 1.29 is 0 Å². The number of allylic oxidation sites excluding steroid dienone is 1. The van der Waals surface area contributed by atoms with Crippen molar-refractivity contribution in [3.8, 4) is 0 Å². The highest BCUT2D eigenvalue weighted by Crippen LogP contribution is 2.29. The van der Waals surface area contributed by atoms with Gasteiger partial charge in [-0.05, 0) is 63.6 Å². The first-order chi connectivity index (χ1) is 16.6. The number of rotatable bonds is 6. The molecule has 0 N–H and O–H groups in total. The monoisotopic (exact) mass is 454 g/mol. The first-order valence-corrected chi connectivity index (χ1v) is 12.5. The summed E-state index contributed by atoms with van der Waals surface area (Å²) in [6.07, 6.45) is 9.14. The number of aryl methyl sites for hydroxylation is 2. The SMILES string of the molecule is Cc1ccc(N2CN(CCC3=CCCCC3)Cn3c2nc(C)c(Cc2ccccc2)c3=O)cc1. The molecule has 34 heavy (non-hydrogen) atoms. The summed E-state index contributed by atoms with van der Waals surface area (Å²) in [5, 5.41) is 0. The normalized spacial score (nSPS) is 16.3. The average Bonchev–Trinajstić information content (AvgIpc) is 2.87. The highest BCUT2D eigenvalue weighted by molar-refractivity contribution is 5.59. The summed E-state index contributed by atoms with van der Waals surface area (Å²) in [5.74, 6) is 0.747. The van der Waals surface area contributed by atoms with Gasteiger partial charge in [-0.1, -0.05) is 59.7 Å². The maximum absolute atomic E-state index is 13.8. The van der Waals surface area contributed by atoms with Crippen LogP contribution in [0.5, 0.6) is 0 Å². The van der Waals surface area contributed by atoms with E-state index in [1.165, 1.54) is 31.2 Å². The molecule has 0 amide bonds. The van der Waals surface area contributed by atoms with E-state index in [2.05, 4.69) is 59.2 Å². The lowest BCUT2D eigenvalue weighted by Gasteiger charge is -2.38. The van der Waals surface area contributed by atoms with E-state index < -0.39 is 0 Å². The molecule has 0 fully saturated rings. The van der Waals surface area contributed by atoms with Gasteiger partial charge in [0.25, 0.3) is 5.56 Å². The Labute approximate surface area is 202 Å². The third-order valence-electron chi connectivity index (χ3n) is 7.08. The zero-order chi connectivity index (χ0) is 23.5. The topological polar surface area (TPSA) is 41.4 Å². The summed E-state index contributed by atoms with van der Waals surface area (Å²) in [4.78, 5) is 23.3. The summed E-state index contributed by atoms with van der Waals surface area (Å²) in [6, 6.07) is 18.7. The number of fused-ring (bicyclic) bond motifs is 1. The van der Waals surface area contributed by atoms with E-state index in [1.54, 1.807) is 5.57 Å². The zero-order valence-electron chi connectivity index (χ0n) is 20.3. The third kappa shape index (κ3) is 4.85. The number of hydrogen-bond donors (Lipinski definition) is 0. The van der Waals surface area contributed by atoms with Crippen molar-refractivity contribution in [2.45, 2.75) is 59.0 Å². The molecule has 0 saturated heterocycles. The summed E-state index contributed by atoms with van der Waals surface area (Å²) in [7, 11) is 0. The van der Waals surface area contributed by atoms with Gasteiger partial charge >= 0.3 is 0 Å². The fourth-order valence-corrected chi connectivity index (χ4v) is 5.03. The van der Waals surface area contributed by atoms with E-state index in [-0.39, 0.29) is 5.56 Å². The van der Waals surface area contributed by atoms with Crippen LogP contribution < -0.4 is 10.5 Å². The number of hydrogen-bond acceptors (Lipinski definition) is 4. The first kappa shape index (κ1) is 22.6. The molecule has 3 aromatic rings. The van der Waals surface area contributed by atoms with Crippen LogP contribution in [-0.2, 0) is 13.1 Å². The minimum atomic E-state index is 0.0741. The van der Waals surface area contributed by atoms with E-state index >= 15 is 0 Å². The van der Waals surface area contributed by atoms with Crippen molar-refractivity contribution in [2.75, 3.05) is 18.1 Å². The molecule has 5 rings (SSSR count). The van der Waals surface area contributed by atoms with Gasteiger partial charge in [-0.3, -0.25) is 19.2 Å². The standard InChI is InChI=1S/C29H34N4O/c1-22-13-15-26(16-14-22)32-20-31(18-17-24-9-5-3-6-10-24)21-33-28(34)27(23(2)30-29(32)33)19-25-11-7-4-8-12-25/h4,7-9,11-16H,3,5-6,10,17-21H2,1-2H3. The van der Waals surface area contributed by atoms with Crippen molar-refractivity contribution in [2.24, 2.45) is 0 Å². The van der Waals surface area contributed by atoms with Gasteiger partial charge in [0, 0.05) is 24.2 Å². The van der Waals surface area contributed by atoms with E-state index in [4.69, 9.17) is 4.98 Å². The van der Waals surface area contributed by atoms with Crippen LogP contribution >= 0.6 is 0 Å². The molecule has 1 aliphatic heterocycles. The molecule has 2 heterocycles. The quantitative estimate of drug-likeness (QED) is 0.447. The maximum Gasteiger partial charge on any atom is 0.259 e. The van der Waals surface area contributed by atoms with Gasteiger partial charge in [-0.25, -0.2) is 4.98 Å². The molecule has 1 aliphatic carbocycles. The lowest BCUT2D eigenvalue weighted by atomic mass is 9.97. The Kier molecular flexibility index (Phi) is 6.63. The van der Waals surface area contributed by atoms with Crippen LogP contribution in [0.2, 0.25) is 0 Å². The molecule has 1 aromatic heterocycles. The van der Waals surface area contributed by atoms with Gasteiger partial charge in [0.1, 0.15) is 0 Å². The lowest BCUT2D eigenvalue weighted by Crippen LogP contribution is -2.48. The van der Waals surface area contributed by atoms with Crippen molar-refractivity contribution in [1.29, 1.82) is 0 Å². The van der Waals surface area contributed by atoms with Gasteiger partial charge in [-0.15, -0.1) is 0 Å². The molecule has 2 aromatic carbocycles. The molecule has 176 valence electrons.